The molecule has 0 saturated carbocycles. The first-order chi connectivity index (χ1) is 10.4. The highest BCUT2D eigenvalue weighted by molar-refractivity contribution is 7.89. The van der Waals surface area contributed by atoms with Crippen molar-refractivity contribution in [2.24, 2.45) is 0 Å². The Hall–Kier alpha value is -1.36. The molecule has 0 radical (unpaired) electrons. The molecule has 3 nitrogen and oxygen atoms in total. The van der Waals surface area contributed by atoms with Crippen molar-refractivity contribution in [3.63, 3.8) is 0 Å². The lowest BCUT2D eigenvalue weighted by atomic mass is 10.0. The van der Waals surface area contributed by atoms with E-state index >= 15 is 0 Å². The number of fused-ring (bicyclic) bond motifs is 1. The molecule has 0 aliphatic carbocycles. The maximum Gasteiger partial charge on any atom is 0.243 e. The quantitative estimate of drug-likeness (QED) is 0.839. The topological polar surface area (TPSA) is 37.4 Å². The van der Waals surface area contributed by atoms with Gasteiger partial charge in [-0.15, -0.1) is 0 Å². The average molecular weight is 336 g/mol. The van der Waals surface area contributed by atoms with Gasteiger partial charge < -0.3 is 0 Å². The van der Waals surface area contributed by atoms with E-state index in [1.54, 1.807) is 23.4 Å². The largest absolute Gasteiger partial charge is 0.243 e. The van der Waals surface area contributed by atoms with Crippen LogP contribution in [0.25, 0.3) is 0 Å². The number of sulfonamides is 1. The van der Waals surface area contributed by atoms with Crippen molar-refractivity contribution in [3.05, 3.63) is 63.7 Å². The number of rotatable bonds is 2. The highest BCUT2D eigenvalue weighted by Crippen LogP contribution is 2.29. The van der Waals surface area contributed by atoms with Crippen molar-refractivity contribution in [1.82, 2.24) is 4.31 Å². The summed E-state index contributed by atoms with van der Waals surface area (Å²) in [4.78, 5) is 0.355. The lowest BCUT2D eigenvalue weighted by molar-refractivity contribution is 0.391. The first-order valence-corrected chi connectivity index (χ1v) is 9.05. The fourth-order valence-electron chi connectivity index (χ4n) is 2.85. The van der Waals surface area contributed by atoms with Crippen molar-refractivity contribution in [1.29, 1.82) is 0 Å². The molecule has 1 heterocycles. The van der Waals surface area contributed by atoms with Gasteiger partial charge in [0.15, 0.2) is 0 Å². The molecular weight excluding hydrogens is 318 g/mol. The second-order valence-electron chi connectivity index (χ2n) is 5.72. The molecule has 2 aromatic rings. The Labute approximate surface area is 136 Å². The van der Waals surface area contributed by atoms with Crippen LogP contribution in [0.4, 0.5) is 0 Å². The molecule has 0 fully saturated rings. The minimum absolute atomic E-state index is 0.355. The van der Waals surface area contributed by atoms with Crippen molar-refractivity contribution in [3.8, 4) is 0 Å². The predicted octanol–water partition coefficient (Wildman–Crippen LogP) is 3.70. The Bertz CT molecular complexity index is 831. The van der Waals surface area contributed by atoms with E-state index < -0.39 is 10.0 Å². The summed E-state index contributed by atoms with van der Waals surface area (Å²) < 4.78 is 27.5. The summed E-state index contributed by atoms with van der Waals surface area (Å²) in [5.41, 5.74) is 3.79. The zero-order valence-corrected chi connectivity index (χ0v) is 14.2. The summed E-state index contributed by atoms with van der Waals surface area (Å²) in [5.74, 6) is 0. The SMILES string of the molecule is Cc1cc(S(=O)(=O)N2CCc3ccccc3C2)c(C)cc1Cl. The van der Waals surface area contributed by atoms with E-state index in [0.717, 1.165) is 17.5 Å². The third kappa shape index (κ3) is 2.67. The summed E-state index contributed by atoms with van der Waals surface area (Å²) in [7, 11) is -3.50. The summed E-state index contributed by atoms with van der Waals surface area (Å²) in [5, 5.41) is 0.598. The Morgan fingerprint density at radius 3 is 2.45 bits per heavy atom. The fourth-order valence-corrected chi connectivity index (χ4v) is 4.78. The zero-order valence-electron chi connectivity index (χ0n) is 12.6. The van der Waals surface area contributed by atoms with E-state index in [1.807, 2.05) is 25.1 Å². The van der Waals surface area contributed by atoms with Crippen LogP contribution in [0.15, 0.2) is 41.3 Å². The molecule has 1 aliphatic heterocycles. The molecule has 0 unspecified atom stereocenters. The summed E-state index contributed by atoms with van der Waals surface area (Å²) in [6.45, 7) is 4.56. The highest BCUT2D eigenvalue weighted by Gasteiger charge is 2.29. The lowest BCUT2D eigenvalue weighted by Crippen LogP contribution is -2.36. The van der Waals surface area contributed by atoms with E-state index in [9.17, 15) is 8.42 Å². The number of nitrogens with zero attached hydrogens (tertiary/aromatic N) is 1. The van der Waals surface area contributed by atoms with Crippen LogP contribution in [-0.4, -0.2) is 19.3 Å². The number of hydrogen-bond acceptors (Lipinski definition) is 2. The molecule has 116 valence electrons. The van der Waals surface area contributed by atoms with Crippen LogP contribution in [0.1, 0.15) is 22.3 Å². The molecule has 2 aromatic carbocycles. The second-order valence-corrected chi connectivity index (χ2v) is 8.04. The maximum atomic E-state index is 13.0. The third-order valence-corrected chi connectivity index (χ3v) is 6.56. The lowest BCUT2D eigenvalue weighted by Gasteiger charge is -2.28. The van der Waals surface area contributed by atoms with Gasteiger partial charge in [0.05, 0.1) is 4.90 Å². The number of aryl methyl sites for hydroxylation is 2. The molecule has 22 heavy (non-hydrogen) atoms. The normalized spacial score (nSPS) is 15.6. The third-order valence-electron chi connectivity index (χ3n) is 4.17. The van der Waals surface area contributed by atoms with E-state index in [2.05, 4.69) is 6.07 Å². The van der Waals surface area contributed by atoms with Gasteiger partial charge in [0.1, 0.15) is 0 Å². The van der Waals surface area contributed by atoms with Gasteiger partial charge >= 0.3 is 0 Å². The average Bonchev–Trinajstić information content (AvgIpc) is 2.50. The van der Waals surface area contributed by atoms with Gasteiger partial charge in [0.25, 0.3) is 0 Å². The molecule has 0 spiro atoms. The van der Waals surface area contributed by atoms with Crippen LogP contribution < -0.4 is 0 Å². The first-order valence-electron chi connectivity index (χ1n) is 7.23. The fraction of sp³-hybridized carbons (Fsp3) is 0.294. The molecule has 3 rings (SSSR count). The summed E-state index contributed by atoms with van der Waals surface area (Å²) in [6, 6.07) is 11.4. The van der Waals surface area contributed by atoms with Gasteiger partial charge in [-0.2, -0.15) is 4.31 Å². The zero-order chi connectivity index (χ0) is 15.9. The molecule has 0 amide bonds. The van der Waals surface area contributed by atoms with Crippen LogP contribution in [0.3, 0.4) is 0 Å². The highest BCUT2D eigenvalue weighted by atomic mass is 35.5. The van der Waals surface area contributed by atoms with Gasteiger partial charge in [0.2, 0.25) is 10.0 Å². The monoisotopic (exact) mass is 335 g/mol. The van der Waals surface area contributed by atoms with Crippen LogP contribution in [0.2, 0.25) is 5.02 Å². The molecule has 1 aliphatic rings. The van der Waals surface area contributed by atoms with E-state index in [-0.39, 0.29) is 0 Å². The number of hydrogen-bond donors (Lipinski definition) is 0. The van der Waals surface area contributed by atoms with Crippen LogP contribution >= 0.6 is 11.6 Å². The van der Waals surface area contributed by atoms with E-state index in [1.165, 1.54) is 5.56 Å². The van der Waals surface area contributed by atoms with Crippen molar-refractivity contribution < 1.29 is 8.42 Å². The molecule has 0 N–H and O–H groups in total. The molecule has 0 aromatic heterocycles. The molecule has 5 heteroatoms. The minimum Gasteiger partial charge on any atom is -0.207 e. The Kier molecular flexibility index (Phi) is 4.02. The van der Waals surface area contributed by atoms with Gasteiger partial charge in [-0.05, 0) is 54.7 Å². The van der Waals surface area contributed by atoms with E-state index in [4.69, 9.17) is 11.6 Å². The maximum absolute atomic E-state index is 13.0. The van der Waals surface area contributed by atoms with Crippen LogP contribution in [-0.2, 0) is 23.0 Å². The molecule has 0 atom stereocenters. The van der Waals surface area contributed by atoms with Crippen molar-refractivity contribution in [2.75, 3.05) is 6.54 Å². The molecule has 0 saturated heterocycles. The first kappa shape index (κ1) is 15.5. The number of benzene rings is 2. The Balaban J connectivity index is 2.00. The van der Waals surface area contributed by atoms with E-state index in [0.29, 0.717) is 28.6 Å². The smallest absolute Gasteiger partial charge is 0.207 e. The Morgan fingerprint density at radius 2 is 1.73 bits per heavy atom. The molecule has 0 bridgehead atoms. The predicted molar refractivity (Wildman–Crippen MR) is 88.7 cm³/mol. The standard InChI is InChI=1S/C17H18ClNO2S/c1-12-10-17(13(2)9-16(12)18)22(20,21)19-8-7-14-5-3-4-6-15(14)11-19/h3-6,9-10H,7-8,11H2,1-2H3. The number of halogens is 1. The summed E-state index contributed by atoms with van der Waals surface area (Å²) in [6.07, 6.45) is 0.751. The van der Waals surface area contributed by atoms with Gasteiger partial charge in [0, 0.05) is 18.1 Å². The van der Waals surface area contributed by atoms with Gasteiger partial charge in [-0.3, -0.25) is 0 Å². The van der Waals surface area contributed by atoms with Gasteiger partial charge in [-0.1, -0.05) is 35.9 Å². The minimum atomic E-state index is -3.50. The van der Waals surface area contributed by atoms with Crippen molar-refractivity contribution in [2.45, 2.75) is 31.7 Å². The second kappa shape index (κ2) is 5.69. The van der Waals surface area contributed by atoms with Gasteiger partial charge in [-0.25, -0.2) is 8.42 Å². The Morgan fingerprint density at radius 1 is 1.05 bits per heavy atom. The molecular formula is C17H18ClNO2S. The van der Waals surface area contributed by atoms with Crippen molar-refractivity contribution >= 4 is 21.6 Å². The summed E-state index contributed by atoms with van der Waals surface area (Å²) >= 11 is 6.08. The van der Waals surface area contributed by atoms with Crippen LogP contribution in [0.5, 0.6) is 0 Å². The van der Waals surface area contributed by atoms with Crippen LogP contribution in [0, 0.1) is 13.8 Å².